The third-order valence-corrected chi connectivity index (χ3v) is 6.94. The van der Waals surface area contributed by atoms with Crippen molar-refractivity contribution in [2.45, 2.75) is 43.9 Å². The molecule has 1 unspecified atom stereocenters. The number of nitrogens with one attached hydrogen (secondary N) is 1. The van der Waals surface area contributed by atoms with E-state index in [9.17, 15) is 13.2 Å². The third kappa shape index (κ3) is 4.68. The quantitative estimate of drug-likeness (QED) is 0.520. The summed E-state index contributed by atoms with van der Waals surface area (Å²) in [6, 6.07) is 3.10. The van der Waals surface area contributed by atoms with Crippen molar-refractivity contribution in [2.75, 3.05) is 17.7 Å². The van der Waals surface area contributed by atoms with Gasteiger partial charge in [0.25, 0.3) is 5.56 Å². The Bertz CT molecular complexity index is 1260. The number of fused-ring (bicyclic) bond motifs is 1. The number of rotatable bonds is 7. The van der Waals surface area contributed by atoms with Crippen LogP contribution < -0.4 is 10.9 Å². The van der Waals surface area contributed by atoms with Crippen molar-refractivity contribution >= 4 is 38.4 Å². The van der Waals surface area contributed by atoms with Crippen LogP contribution in [0.3, 0.4) is 0 Å². The van der Waals surface area contributed by atoms with Gasteiger partial charge < -0.3 is 10.1 Å². The molecule has 1 N–H and O–H groups in total. The van der Waals surface area contributed by atoms with Crippen LogP contribution in [0.1, 0.15) is 25.5 Å². The highest BCUT2D eigenvalue weighted by atomic mass is 35.5. The Labute approximate surface area is 183 Å². The van der Waals surface area contributed by atoms with E-state index in [0.29, 0.717) is 30.0 Å². The maximum atomic E-state index is 13.1. The first-order valence-electron chi connectivity index (χ1n) is 9.83. The molecule has 31 heavy (non-hydrogen) atoms. The Morgan fingerprint density at radius 2 is 2.10 bits per heavy atom. The summed E-state index contributed by atoms with van der Waals surface area (Å²) in [5.74, 6) is 0.118. The van der Waals surface area contributed by atoms with Gasteiger partial charge in [-0.3, -0.25) is 14.3 Å². The van der Waals surface area contributed by atoms with E-state index in [0.717, 1.165) is 12.8 Å². The monoisotopic (exact) mass is 464 g/mol. The van der Waals surface area contributed by atoms with Crippen LogP contribution in [0.15, 0.2) is 34.2 Å². The first kappa shape index (κ1) is 21.6. The molecule has 1 aliphatic heterocycles. The maximum absolute atomic E-state index is 13.1. The molecule has 1 fully saturated rings. The number of sulfone groups is 1. The van der Waals surface area contributed by atoms with E-state index in [1.54, 1.807) is 13.0 Å². The minimum atomic E-state index is -3.32. The van der Waals surface area contributed by atoms with Gasteiger partial charge in [0.05, 0.1) is 41.7 Å². The summed E-state index contributed by atoms with van der Waals surface area (Å²) in [5, 5.41) is 3.02. The van der Waals surface area contributed by atoms with E-state index in [4.69, 9.17) is 16.3 Å². The molecule has 3 aromatic heterocycles. The van der Waals surface area contributed by atoms with Crippen LogP contribution in [0.5, 0.6) is 0 Å². The standard InChI is InChI=1S/C19H21ClN6O4S/c1-2-31(28,29)14-6-5-12(21-9-14)8-22-16-18(27)26(11-13-4-3-7-30-13)17-15(24-16)10-23-19(20)25-17/h5-6,9-10,13H,2-4,7-8,11H2,1H3,(H,22,24). The van der Waals surface area contributed by atoms with Crippen LogP contribution in [0, 0.1) is 0 Å². The summed E-state index contributed by atoms with van der Waals surface area (Å²) >= 11 is 5.93. The molecule has 0 radical (unpaired) electrons. The van der Waals surface area contributed by atoms with Crippen LogP contribution in [-0.2, 0) is 27.7 Å². The van der Waals surface area contributed by atoms with Crippen LogP contribution in [0.2, 0.25) is 5.28 Å². The minimum Gasteiger partial charge on any atom is -0.376 e. The van der Waals surface area contributed by atoms with E-state index in [2.05, 4.69) is 25.3 Å². The Hall–Kier alpha value is -2.63. The zero-order valence-corrected chi connectivity index (χ0v) is 18.4. The van der Waals surface area contributed by atoms with Crippen molar-refractivity contribution in [3.05, 3.63) is 45.9 Å². The van der Waals surface area contributed by atoms with Gasteiger partial charge >= 0.3 is 0 Å². The smallest absolute Gasteiger partial charge is 0.295 e. The highest BCUT2D eigenvalue weighted by molar-refractivity contribution is 7.91. The van der Waals surface area contributed by atoms with E-state index < -0.39 is 9.84 Å². The van der Waals surface area contributed by atoms with Gasteiger partial charge in [-0.15, -0.1) is 0 Å². The van der Waals surface area contributed by atoms with E-state index >= 15 is 0 Å². The predicted molar refractivity (Wildman–Crippen MR) is 115 cm³/mol. The summed E-state index contributed by atoms with van der Waals surface area (Å²) in [7, 11) is -3.32. The highest BCUT2D eigenvalue weighted by Gasteiger charge is 2.21. The summed E-state index contributed by atoms with van der Waals surface area (Å²) in [5.41, 5.74) is 0.970. The molecular weight excluding hydrogens is 444 g/mol. The predicted octanol–water partition coefficient (Wildman–Crippen LogP) is 1.82. The summed E-state index contributed by atoms with van der Waals surface area (Å²) in [6.07, 6.45) is 4.49. The summed E-state index contributed by atoms with van der Waals surface area (Å²) < 4.78 is 31.0. The molecule has 10 nitrogen and oxygen atoms in total. The molecule has 164 valence electrons. The van der Waals surface area contributed by atoms with Crippen LogP contribution in [0.25, 0.3) is 11.2 Å². The number of hydrogen-bond acceptors (Lipinski definition) is 9. The molecule has 0 saturated carbocycles. The third-order valence-electron chi connectivity index (χ3n) is 5.04. The van der Waals surface area contributed by atoms with Crippen molar-refractivity contribution in [3.63, 3.8) is 0 Å². The average molecular weight is 465 g/mol. The van der Waals surface area contributed by atoms with Crippen molar-refractivity contribution in [3.8, 4) is 0 Å². The Morgan fingerprint density at radius 1 is 1.26 bits per heavy atom. The summed E-state index contributed by atoms with van der Waals surface area (Å²) in [6.45, 7) is 2.77. The minimum absolute atomic E-state index is 0.00360. The molecule has 0 aliphatic carbocycles. The van der Waals surface area contributed by atoms with Crippen molar-refractivity contribution < 1.29 is 13.2 Å². The molecule has 12 heteroatoms. The molecule has 4 heterocycles. The zero-order chi connectivity index (χ0) is 22.0. The van der Waals surface area contributed by atoms with Gasteiger partial charge in [-0.2, -0.15) is 4.98 Å². The molecule has 3 aromatic rings. The molecule has 0 amide bonds. The van der Waals surface area contributed by atoms with Crippen molar-refractivity contribution in [1.29, 1.82) is 0 Å². The number of hydrogen-bond donors (Lipinski definition) is 1. The van der Waals surface area contributed by atoms with Gasteiger partial charge in [0.2, 0.25) is 5.28 Å². The molecule has 0 aromatic carbocycles. The second-order valence-electron chi connectivity index (χ2n) is 7.10. The molecule has 1 aliphatic rings. The fraction of sp³-hybridized carbons (Fsp3) is 0.421. The van der Waals surface area contributed by atoms with Crippen molar-refractivity contribution in [2.24, 2.45) is 0 Å². The fourth-order valence-corrected chi connectivity index (χ4v) is 4.28. The van der Waals surface area contributed by atoms with Crippen LogP contribution in [-0.4, -0.2) is 51.4 Å². The number of pyridine rings is 1. The first-order chi connectivity index (χ1) is 14.9. The lowest BCUT2D eigenvalue weighted by Crippen LogP contribution is -2.30. The van der Waals surface area contributed by atoms with Gasteiger partial charge in [0.15, 0.2) is 21.3 Å². The molecule has 1 atom stereocenters. The molecular formula is C19H21ClN6O4S. The number of nitrogens with zero attached hydrogens (tertiary/aromatic N) is 5. The first-order valence-corrected chi connectivity index (χ1v) is 11.9. The maximum Gasteiger partial charge on any atom is 0.295 e. The lowest BCUT2D eigenvalue weighted by atomic mass is 10.2. The lowest BCUT2D eigenvalue weighted by Gasteiger charge is -2.15. The van der Waals surface area contributed by atoms with E-state index in [-0.39, 0.29) is 40.0 Å². The van der Waals surface area contributed by atoms with Gasteiger partial charge in [0, 0.05) is 12.8 Å². The fourth-order valence-electron chi connectivity index (χ4n) is 3.33. The van der Waals surface area contributed by atoms with Gasteiger partial charge in [-0.05, 0) is 36.6 Å². The number of anilines is 1. The number of aromatic nitrogens is 5. The molecule has 0 bridgehead atoms. The number of ether oxygens (including phenoxy) is 1. The van der Waals surface area contributed by atoms with Crippen LogP contribution in [0.4, 0.5) is 5.82 Å². The second kappa shape index (κ2) is 8.85. The zero-order valence-electron chi connectivity index (χ0n) is 16.8. The average Bonchev–Trinajstić information content (AvgIpc) is 3.28. The second-order valence-corrected chi connectivity index (χ2v) is 9.72. The molecule has 0 spiro atoms. The van der Waals surface area contributed by atoms with E-state index in [1.807, 2.05) is 0 Å². The Kier molecular flexibility index (Phi) is 6.17. The molecule has 1 saturated heterocycles. The lowest BCUT2D eigenvalue weighted by molar-refractivity contribution is 0.0971. The van der Waals surface area contributed by atoms with Crippen LogP contribution >= 0.6 is 11.6 Å². The molecule has 4 rings (SSSR count). The highest BCUT2D eigenvalue weighted by Crippen LogP contribution is 2.18. The SMILES string of the molecule is CCS(=O)(=O)c1ccc(CNc2nc3cnc(Cl)nc3n(CC3CCCO3)c2=O)nc1. The largest absolute Gasteiger partial charge is 0.376 e. The Morgan fingerprint density at radius 3 is 2.77 bits per heavy atom. The van der Waals surface area contributed by atoms with Gasteiger partial charge in [-0.25, -0.2) is 18.4 Å². The Balaban J connectivity index is 1.62. The topological polar surface area (TPSA) is 129 Å². The number of halogens is 1. The van der Waals surface area contributed by atoms with E-state index in [1.165, 1.54) is 23.0 Å². The summed E-state index contributed by atoms with van der Waals surface area (Å²) in [4.78, 5) is 29.9. The normalized spacial score (nSPS) is 16.6. The van der Waals surface area contributed by atoms with Crippen molar-refractivity contribution in [1.82, 2.24) is 24.5 Å². The van der Waals surface area contributed by atoms with Gasteiger partial charge in [0.1, 0.15) is 5.52 Å². The van der Waals surface area contributed by atoms with Gasteiger partial charge in [-0.1, -0.05) is 6.92 Å².